The lowest BCUT2D eigenvalue weighted by atomic mass is 9.68. The number of unbranched alkanes of at least 4 members (excludes halogenated alkanes) is 4. The fraction of sp³-hybridized carbons (Fsp3) is 0.759. The molecule has 0 spiro atoms. The molecule has 0 N–H and O–H groups in total. The van der Waals surface area contributed by atoms with Gasteiger partial charge in [0, 0.05) is 0 Å². The lowest BCUT2D eigenvalue weighted by Gasteiger charge is -2.38. The van der Waals surface area contributed by atoms with E-state index in [2.05, 4.69) is 26.0 Å². The summed E-state index contributed by atoms with van der Waals surface area (Å²) in [6.07, 6.45) is 20.3. The summed E-state index contributed by atoms with van der Waals surface area (Å²) in [5.74, 6) is 3.49. The van der Waals surface area contributed by atoms with Crippen molar-refractivity contribution in [1.29, 1.82) is 0 Å². The Hall–Kier alpha value is -1.31. The van der Waals surface area contributed by atoms with E-state index in [4.69, 9.17) is 4.74 Å². The van der Waals surface area contributed by atoms with E-state index in [1.807, 2.05) is 12.1 Å². The molecule has 2 fully saturated rings. The summed E-state index contributed by atoms with van der Waals surface area (Å²) in [7, 11) is 0. The van der Waals surface area contributed by atoms with Crippen LogP contribution in [0, 0.1) is 17.8 Å². The van der Waals surface area contributed by atoms with Crippen molar-refractivity contribution in [3.8, 4) is 0 Å². The van der Waals surface area contributed by atoms with Crippen LogP contribution in [0.3, 0.4) is 0 Å². The molecule has 0 amide bonds. The zero-order valence-corrected chi connectivity index (χ0v) is 20.2. The van der Waals surface area contributed by atoms with E-state index < -0.39 is 0 Å². The topological polar surface area (TPSA) is 26.3 Å². The van der Waals surface area contributed by atoms with Crippen molar-refractivity contribution < 1.29 is 9.53 Å². The first-order chi connectivity index (χ1) is 15.2. The molecule has 0 atom stereocenters. The normalized spacial score (nSPS) is 26.5. The summed E-state index contributed by atoms with van der Waals surface area (Å²) in [4.78, 5) is 12.2. The number of carbonyl (C=O) groups is 1. The summed E-state index contributed by atoms with van der Waals surface area (Å²) in [6.45, 7) is 5.01. The third kappa shape index (κ3) is 7.65. The largest absolute Gasteiger partial charge is 0.462 e. The van der Waals surface area contributed by atoms with Crippen LogP contribution in [0.1, 0.15) is 132 Å². The highest BCUT2D eigenvalue weighted by atomic mass is 16.5. The number of benzene rings is 1. The van der Waals surface area contributed by atoms with Gasteiger partial charge in [0.25, 0.3) is 0 Å². The summed E-state index contributed by atoms with van der Waals surface area (Å²) in [5, 5.41) is 0. The van der Waals surface area contributed by atoms with Crippen LogP contribution in [0.15, 0.2) is 24.3 Å². The van der Waals surface area contributed by atoms with E-state index in [9.17, 15) is 4.79 Å². The molecule has 2 aliphatic carbocycles. The summed E-state index contributed by atoms with van der Waals surface area (Å²) in [5.41, 5.74) is 2.12. The zero-order valence-electron chi connectivity index (χ0n) is 20.2. The molecule has 0 unspecified atom stereocenters. The second kappa shape index (κ2) is 13.3. The zero-order chi connectivity index (χ0) is 21.9. The van der Waals surface area contributed by atoms with Crippen molar-refractivity contribution in [1.82, 2.24) is 0 Å². The molecule has 0 bridgehead atoms. The van der Waals surface area contributed by atoms with Crippen molar-refractivity contribution in [2.24, 2.45) is 17.8 Å². The molecule has 0 aliphatic heterocycles. The van der Waals surface area contributed by atoms with Gasteiger partial charge in [-0.2, -0.15) is 0 Å². The van der Waals surface area contributed by atoms with Crippen LogP contribution in [0.25, 0.3) is 0 Å². The van der Waals surface area contributed by atoms with Gasteiger partial charge in [-0.3, -0.25) is 0 Å². The average Bonchev–Trinajstić information content (AvgIpc) is 2.83. The Labute approximate surface area is 191 Å². The molecule has 2 heteroatoms. The highest BCUT2D eigenvalue weighted by Gasteiger charge is 2.31. The van der Waals surface area contributed by atoms with Crippen LogP contribution in [0.5, 0.6) is 0 Å². The maximum atomic E-state index is 12.2. The molecule has 3 rings (SSSR count). The van der Waals surface area contributed by atoms with Crippen LogP contribution in [0.4, 0.5) is 0 Å². The average molecular weight is 427 g/mol. The SMILES string of the molecule is CCCCCOC(=O)c1ccc([C@H]2CC[C@H]([C@H]3CC[C@H](CCCCC)CC3)CC2)cc1. The fourth-order valence-electron chi connectivity index (χ4n) is 6.05. The predicted octanol–water partition coefficient (Wildman–Crippen LogP) is 8.69. The van der Waals surface area contributed by atoms with E-state index in [0.717, 1.165) is 37.0 Å². The second-order valence-corrected chi connectivity index (χ2v) is 10.4. The second-order valence-electron chi connectivity index (χ2n) is 10.4. The molecule has 1 aromatic carbocycles. The smallest absolute Gasteiger partial charge is 0.338 e. The molecule has 0 aromatic heterocycles. The van der Waals surface area contributed by atoms with Gasteiger partial charge in [0.05, 0.1) is 12.2 Å². The summed E-state index contributed by atoms with van der Waals surface area (Å²) >= 11 is 0. The van der Waals surface area contributed by atoms with E-state index in [0.29, 0.717) is 18.1 Å². The first-order valence-electron chi connectivity index (χ1n) is 13.5. The molecular weight excluding hydrogens is 380 g/mol. The van der Waals surface area contributed by atoms with Gasteiger partial charge in [-0.15, -0.1) is 0 Å². The minimum Gasteiger partial charge on any atom is -0.462 e. The van der Waals surface area contributed by atoms with Crippen LogP contribution in [-0.2, 0) is 4.74 Å². The highest BCUT2D eigenvalue weighted by Crippen LogP contribution is 2.44. The molecule has 0 heterocycles. The lowest BCUT2D eigenvalue weighted by molar-refractivity contribution is 0.0498. The number of rotatable bonds is 11. The predicted molar refractivity (Wildman–Crippen MR) is 131 cm³/mol. The van der Waals surface area contributed by atoms with Gasteiger partial charge in [0.2, 0.25) is 0 Å². The summed E-state index contributed by atoms with van der Waals surface area (Å²) < 4.78 is 5.39. The molecule has 31 heavy (non-hydrogen) atoms. The van der Waals surface area contributed by atoms with Crippen LogP contribution in [-0.4, -0.2) is 12.6 Å². The van der Waals surface area contributed by atoms with Gasteiger partial charge >= 0.3 is 5.97 Å². The summed E-state index contributed by atoms with van der Waals surface area (Å²) in [6, 6.07) is 8.30. The molecular formula is C29H46O2. The van der Waals surface area contributed by atoms with Crippen molar-refractivity contribution in [3.63, 3.8) is 0 Å². The number of hydrogen-bond donors (Lipinski definition) is 0. The highest BCUT2D eigenvalue weighted by molar-refractivity contribution is 5.89. The third-order valence-corrected chi connectivity index (χ3v) is 8.14. The van der Waals surface area contributed by atoms with E-state index in [1.54, 1.807) is 0 Å². The van der Waals surface area contributed by atoms with Gasteiger partial charge in [0.15, 0.2) is 0 Å². The van der Waals surface area contributed by atoms with Gasteiger partial charge in [-0.25, -0.2) is 4.79 Å². The Morgan fingerprint density at radius 1 is 0.774 bits per heavy atom. The molecule has 1 aromatic rings. The molecule has 2 aliphatic rings. The van der Waals surface area contributed by atoms with Crippen LogP contribution >= 0.6 is 0 Å². The number of ether oxygens (including phenoxy) is 1. The van der Waals surface area contributed by atoms with E-state index in [-0.39, 0.29) is 5.97 Å². The fourth-order valence-corrected chi connectivity index (χ4v) is 6.05. The molecule has 0 saturated heterocycles. The third-order valence-electron chi connectivity index (χ3n) is 8.14. The molecule has 2 saturated carbocycles. The van der Waals surface area contributed by atoms with E-state index in [1.165, 1.54) is 82.6 Å². The van der Waals surface area contributed by atoms with Crippen molar-refractivity contribution in [2.45, 2.75) is 116 Å². The minimum absolute atomic E-state index is 0.170. The molecule has 0 radical (unpaired) electrons. The first kappa shape index (κ1) is 24.3. The van der Waals surface area contributed by atoms with Crippen LogP contribution < -0.4 is 0 Å². The number of esters is 1. The first-order valence-corrected chi connectivity index (χ1v) is 13.5. The monoisotopic (exact) mass is 426 g/mol. The van der Waals surface area contributed by atoms with Gasteiger partial charge in [-0.05, 0) is 86.3 Å². The van der Waals surface area contributed by atoms with Crippen molar-refractivity contribution in [2.75, 3.05) is 6.61 Å². The maximum absolute atomic E-state index is 12.2. The van der Waals surface area contributed by atoms with Crippen molar-refractivity contribution in [3.05, 3.63) is 35.4 Å². The van der Waals surface area contributed by atoms with Gasteiger partial charge in [0.1, 0.15) is 0 Å². The van der Waals surface area contributed by atoms with Gasteiger partial charge < -0.3 is 4.74 Å². The quantitative estimate of drug-likeness (QED) is 0.261. The lowest BCUT2D eigenvalue weighted by Crippen LogP contribution is -2.25. The number of hydrogen-bond acceptors (Lipinski definition) is 2. The van der Waals surface area contributed by atoms with Crippen molar-refractivity contribution >= 4 is 5.97 Å². The minimum atomic E-state index is -0.170. The number of carbonyl (C=O) groups excluding carboxylic acids is 1. The Balaban J connectivity index is 1.38. The van der Waals surface area contributed by atoms with Gasteiger partial charge in [-0.1, -0.05) is 77.3 Å². The Bertz CT molecular complexity index is 619. The molecule has 174 valence electrons. The molecule has 2 nitrogen and oxygen atoms in total. The Morgan fingerprint density at radius 3 is 1.97 bits per heavy atom. The van der Waals surface area contributed by atoms with Crippen LogP contribution in [0.2, 0.25) is 0 Å². The standard InChI is InChI=1S/C29H46O2/c1-3-5-7-9-23-10-12-24(13-11-23)25-14-16-26(17-15-25)27-18-20-28(21-19-27)29(30)31-22-8-6-4-2/h18-21,23-26H,3-17,22H2,1-2H3/t23-,24-,25-,26-. The Morgan fingerprint density at radius 2 is 1.35 bits per heavy atom. The maximum Gasteiger partial charge on any atom is 0.338 e. The Kier molecular flexibility index (Phi) is 10.4. The van der Waals surface area contributed by atoms with E-state index >= 15 is 0 Å².